The fourth-order valence-electron chi connectivity index (χ4n) is 8.62. The number of pyridine rings is 1. The molecule has 0 bridgehead atoms. The number of fused-ring (bicyclic) bond motifs is 1. The van der Waals surface area contributed by atoms with Crippen molar-refractivity contribution in [3.05, 3.63) is 192 Å². The molecule has 7 aromatic carbocycles. The van der Waals surface area contributed by atoms with E-state index < -0.39 is 23.5 Å². The summed E-state index contributed by atoms with van der Waals surface area (Å²) in [5, 5.41) is 12.7. The monoisotopic (exact) mass is 1050 g/mol. The van der Waals surface area contributed by atoms with Crippen LogP contribution in [0, 0.1) is 13.0 Å². The molecule has 0 unspecified atom stereocenters. The summed E-state index contributed by atoms with van der Waals surface area (Å²) in [4.78, 5) is 10.5. The van der Waals surface area contributed by atoms with Gasteiger partial charge in [0.15, 0.2) is 0 Å². The molecule has 66 heavy (non-hydrogen) atoms. The predicted octanol–water partition coefficient (Wildman–Crippen LogP) is 16.1. The van der Waals surface area contributed by atoms with E-state index in [1.807, 2.05) is 12.1 Å². The summed E-state index contributed by atoms with van der Waals surface area (Å²) in [5.41, 5.74) is 13.8. The molecular weight excluding hydrogens is 986 g/mol. The van der Waals surface area contributed by atoms with Gasteiger partial charge in [0.25, 0.3) is 0 Å². The Bertz CT molecular complexity index is 3480. The summed E-state index contributed by atoms with van der Waals surface area (Å²) in [7, 11) is 0. The van der Waals surface area contributed by atoms with E-state index in [2.05, 4.69) is 183 Å². The maximum Gasteiger partial charge on any atom is 0.148 e. The number of phenols is 1. The van der Waals surface area contributed by atoms with Gasteiger partial charge in [0.05, 0.1) is 29.1 Å². The Morgan fingerprint density at radius 1 is 0.561 bits per heavy atom. The van der Waals surface area contributed by atoms with Crippen molar-refractivity contribution in [2.75, 3.05) is 0 Å². The molecule has 0 aliphatic heterocycles. The number of imidazole rings is 1. The number of nitrogens with zero attached hydrogens (tertiary/aromatic N) is 3. The van der Waals surface area contributed by atoms with Crippen LogP contribution < -0.4 is 0 Å². The van der Waals surface area contributed by atoms with Crippen LogP contribution in [0.2, 0.25) is 0 Å². The van der Waals surface area contributed by atoms with E-state index >= 15 is 0 Å². The number of hydrogen-bond acceptors (Lipinski definition) is 3. The number of benzene rings is 7. The Morgan fingerprint density at radius 3 is 1.82 bits per heavy atom. The molecule has 0 fully saturated rings. The third-order valence-electron chi connectivity index (χ3n) is 12.3. The topological polar surface area (TPSA) is 50.9 Å². The van der Waals surface area contributed by atoms with Crippen molar-refractivity contribution in [3.63, 3.8) is 0 Å². The average molecular weight is 1050 g/mol. The van der Waals surface area contributed by atoms with E-state index in [1.54, 1.807) is 18.3 Å². The molecule has 0 radical (unpaired) electrons. The van der Waals surface area contributed by atoms with Crippen molar-refractivity contribution < 1.29 is 33.0 Å². The van der Waals surface area contributed by atoms with E-state index in [1.165, 1.54) is 0 Å². The first-order valence-corrected chi connectivity index (χ1v) is 22.3. The van der Waals surface area contributed by atoms with Crippen LogP contribution in [0.1, 0.15) is 91.4 Å². The maximum absolute atomic E-state index is 12.7. The molecule has 0 aliphatic rings. The molecule has 9 rings (SSSR count). The van der Waals surface area contributed by atoms with Gasteiger partial charge in [-0.2, -0.15) is 0 Å². The van der Waals surface area contributed by atoms with E-state index in [0.29, 0.717) is 33.7 Å². The largest absolute Gasteiger partial charge is 0.507 e. The molecule has 334 valence electrons. The van der Waals surface area contributed by atoms with Crippen LogP contribution in [0.5, 0.6) is 5.75 Å². The minimum Gasteiger partial charge on any atom is -0.507 e. The first-order valence-electron chi connectivity index (χ1n) is 24.8. The molecule has 0 saturated heterocycles. The average Bonchev–Trinajstić information content (AvgIpc) is 3.71. The smallest absolute Gasteiger partial charge is 0.148 e. The number of rotatable bonds is 7. The minimum atomic E-state index is -0.439. The van der Waals surface area contributed by atoms with Crippen LogP contribution in [0.4, 0.5) is 0 Å². The first-order chi connectivity index (χ1) is 33.0. The van der Waals surface area contributed by atoms with Gasteiger partial charge in [0.2, 0.25) is 0 Å². The van der Waals surface area contributed by atoms with Crippen molar-refractivity contribution in [1.82, 2.24) is 14.5 Å². The van der Waals surface area contributed by atoms with Gasteiger partial charge in [-0.15, -0.1) is 29.3 Å². The van der Waals surface area contributed by atoms with Gasteiger partial charge in [0.1, 0.15) is 11.6 Å². The van der Waals surface area contributed by atoms with Crippen LogP contribution in [0.3, 0.4) is 0 Å². The standard InChI is InChI=1S/C61H58N3O.Pt/c1-39-31-50(42-25-18-13-19-26-42)55(38-49(39)41-23-16-12-17-24-41)64-54-28-20-27-48(56(54)63-58(64)51-36-47(60(5,6)7)37-52(57(51)65)61(8,9)10)44-32-45(34-46(33-44)59(2,3)4)53-35-43(29-30-62-53)40-21-14-11-15-22-40;/h11-31,33-38,65H,1-10H3;/q-1;/i11D,14D,15D,21D,22D;. The zero-order chi connectivity index (χ0) is 50.2. The predicted molar refractivity (Wildman–Crippen MR) is 273 cm³/mol. The molecule has 0 amide bonds. The molecular formula is C61H58N3OPt-. The van der Waals surface area contributed by atoms with Crippen LogP contribution in [0.15, 0.2) is 164 Å². The molecule has 4 nitrogen and oxygen atoms in total. The SMILES string of the molecule is [2H]c1c([2H])c([2H])c(-c2ccnc(-c3[c-]c(-c4cccc5c4nc(-c4cc(C(C)(C)C)cc(C(C)(C)C)c4O)n5-c4cc(-c5ccccc5)c(C)cc4-c4ccccc4)cc(C(C)(C)C)c3)c2)c([2H])c1[2H].[Pt]. The van der Waals surface area contributed by atoms with Crippen molar-refractivity contribution in [1.29, 1.82) is 0 Å². The first kappa shape index (κ1) is 40.0. The number of aryl methyl sites for hydroxylation is 1. The Hall–Kier alpha value is -6.35. The fourth-order valence-corrected chi connectivity index (χ4v) is 8.62. The number of para-hydroxylation sites is 1. The molecule has 5 heteroatoms. The number of hydrogen-bond donors (Lipinski definition) is 1. The van der Waals surface area contributed by atoms with E-state index in [0.717, 1.165) is 66.8 Å². The molecule has 2 heterocycles. The van der Waals surface area contributed by atoms with Gasteiger partial charge >= 0.3 is 0 Å². The van der Waals surface area contributed by atoms with Crippen LogP contribution >= 0.6 is 0 Å². The van der Waals surface area contributed by atoms with Gasteiger partial charge in [-0.1, -0.05) is 189 Å². The molecule has 0 atom stereocenters. The van der Waals surface area contributed by atoms with Crippen molar-refractivity contribution in [2.24, 2.45) is 0 Å². The summed E-state index contributed by atoms with van der Waals surface area (Å²) in [5.74, 6) is 0.778. The number of aromatic nitrogens is 3. The third kappa shape index (κ3) is 8.97. The van der Waals surface area contributed by atoms with E-state index in [-0.39, 0.29) is 55.3 Å². The summed E-state index contributed by atoms with van der Waals surface area (Å²) < 4.78 is 44.6. The van der Waals surface area contributed by atoms with Crippen LogP contribution in [0.25, 0.3) is 83.9 Å². The van der Waals surface area contributed by atoms with Crippen molar-refractivity contribution in [3.8, 4) is 78.6 Å². The van der Waals surface area contributed by atoms with Gasteiger partial charge in [-0.05, 0) is 92.4 Å². The normalized spacial score (nSPS) is 13.1. The van der Waals surface area contributed by atoms with Crippen molar-refractivity contribution in [2.45, 2.75) is 85.5 Å². The van der Waals surface area contributed by atoms with Crippen LogP contribution in [-0.2, 0) is 37.3 Å². The Kier molecular flexibility index (Phi) is 10.8. The molecule has 0 aliphatic carbocycles. The molecule has 0 spiro atoms. The Morgan fingerprint density at radius 2 is 1.18 bits per heavy atom. The van der Waals surface area contributed by atoms with E-state index in [9.17, 15) is 5.11 Å². The zero-order valence-corrected chi connectivity index (χ0v) is 41.6. The Balaban J connectivity index is 0.00000676. The van der Waals surface area contributed by atoms with Gasteiger partial charge < -0.3 is 5.11 Å². The number of phenolic OH excluding ortho intramolecular Hbond substituents is 1. The number of aromatic hydroxyl groups is 1. The summed E-state index contributed by atoms with van der Waals surface area (Å²) >= 11 is 0. The molecule has 1 N–H and O–H groups in total. The molecule has 9 aromatic rings. The Labute approximate surface area is 412 Å². The second-order valence-electron chi connectivity index (χ2n) is 20.2. The van der Waals surface area contributed by atoms with Crippen LogP contribution in [-0.4, -0.2) is 19.6 Å². The van der Waals surface area contributed by atoms with Gasteiger partial charge in [-0.25, -0.2) is 4.98 Å². The van der Waals surface area contributed by atoms with Crippen molar-refractivity contribution >= 4 is 11.0 Å². The fraction of sp³-hybridized carbons (Fsp3) is 0.213. The molecule has 0 saturated carbocycles. The minimum absolute atomic E-state index is 0. The summed E-state index contributed by atoms with van der Waals surface area (Å²) in [6, 6.07) is 45.4. The zero-order valence-electron chi connectivity index (χ0n) is 44.3. The summed E-state index contributed by atoms with van der Waals surface area (Å²) in [6.45, 7) is 21.6. The maximum atomic E-state index is 12.7. The summed E-state index contributed by atoms with van der Waals surface area (Å²) in [6.07, 6.45) is 1.61. The van der Waals surface area contributed by atoms with E-state index in [4.69, 9.17) is 16.8 Å². The van der Waals surface area contributed by atoms with Gasteiger partial charge in [0, 0.05) is 44.1 Å². The second kappa shape index (κ2) is 17.8. The second-order valence-corrected chi connectivity index (χ2v) is 20.2. The third-order valence-corrected chi connectivity index (χ3v) is 12.3. The molecule has 2 aromatic heterocycles. The van der Waals surface area contributed by atoms with Gasteiger partial charge in [-0.3, -0.25) is 9.55 Å². The quantitative estimate of drug-likeness (QED) is 0.162.